The summed E-state index contributed by atoms with van der Waals surface area (Å²) in [6.07, 6.45) is 0. The first-order valence-corrected chi connectivity index (χ1v) is 17.6. The summed E-state index contributed by atoms with van der Waals surface area (Å²) in [6.45, 7) is 3.56. The second-order valence-electron chi connectivity index (χ2n) is 10.6. The number of anilines is 2. The van der Waals surface area contributed by atoms with Crippen LogP contribution >= 0.6 is 22.7 Å². The molecule has 6 rings (SSSR count). The number of nitrogens with zero attached hydrogens (tertiary/aromatic N) is 2. The minimum atomic E-state index is -3.90. The molecule has 2 aromatic heterocycles. The number of thiophene rings is 2. The van der Waals surface area contributed by atoms with Crippen molar-refractivity contribution in [3.63, 3.8) is 0 Å². The summed E-state index contributed by atoms with van der Waals surface area (Å²) in [7, 11) is -3.90. The van der Waals surface area contributed by atoms with Gasteiger partial charge in [0, 0.05) is 11.4 Å². The van der Waals surface area contributed by atoms with E-state index in [2.05, 4.69) is 31.3 Å². The van der Waals surface area contributed by atoms with Gasteiger partial charge in [0.1, 0.15) is 0 Å². The standard InChI is InChI=1S/C32H30N8O4S3/c1-17-25(27(39-31(33)35-17)23-5-3-15-45-23)29(41)37-19-7-11-21(12-8-19)47(43,44)22-13-9-20(10-14-22)38-30(42)26-18(2)36-32(34)40-28(26)24-6-4-16-46-24/h3-18H,1-2H3,(H,37,41)(H,38,42)(H3,33,35,39)(H3,34,36,40). The normalized spacial score (nSPS) is 18.1. The van der Waals surface area contributed by atoms with Gasteiger partial charge in [-0.3, -0.25) is 9.59 Å². The number of nitrogens with one attached hydrogen (secondary N) is 4. The van der Waals surface area contributed by atoms with E-state index in [0.29, 0.717) is 33.9 Å². The minimum absolute atomic E-state index is 0.0409. The van der Waals surface area contributed by atoms with Gasteiger partial charge in [-0.05, 0) is 85.3 Å². The van der Waals surface area contributed by atoms with Crippen molar-refractivity contribution in [2.45, 2.75) is 35.7 Å². The van der Waals surface area contributed by atoms with Crippen LogP contribution in [0, 0.1) is 0 Å². The lowest BCUT2D eigenvalue weighted by atomic mass is 10.0. The molecule has 2 aromatic carbocycles. The van der Waals surface area contributed by atoms with E-state index in [4.69, 9.17) is 11.5 Å². The highest BCUT2D eigenvalue weighted by atomic mass is 32.2. The van der Waals surface area contributed by atoms with Gasteiger partial charge in [-0.1, -0.05) is 12.1 Å². The monoisotopic (exact) mass is 686 g/mol. The maximum Gasteiger partial charge on any atom is 0.255 e. The van der Waals surface area contributed by atoms with E-state index in [0.717, 1.165) is 9.75 Å². The largest absolute Gasteiger partial charge is 0.370 e. The zero-order chi connectivity index (χ0) is 33.3. The number of nitrogens with two attached hydrogens (primary N) is 2. The fourth-order valence-corrected chi connectivity index (χ4v) is 7.96. The van der Waals surface area contributed by atoms with Crippen LogP contribution in [0.2, 0.25) is 0 Å². The molecule has 2 unspecified atom stereocenters. The van der Waals surface area contributed by atoms with Crippen LogP contribution < -0.4 is 32.7 Å². The molecular weight excluding hydrogens is 657 g/mol. The molecule has 47 heavy (non-hydrogen) atoms. The number of hydrogen-bond acceptors (Lipinski definition) is 12. The number of guanidine groups is 2. The first kappa shape index (κ1) is 31.7. The molecular formula is C32H30N8O4S3. The number of benzene rings is 2. The minimum Gasteiger partial charge on any atom is -0.370 e. The maximum atomic E-state index is 13.4. The average molecular weight is 687 g/mol. The lowest BCUT2D eigenvalue weighted by Gasteiger charge is -2.23. The van der Waals surface area contributed by atoms with E-state index in [9.17, 15) is 18.0 Å². The van der Waals surface area contributed by atoms with Crippen molar-refractivity contribution in [2.24, 2.45) is 21.5 Å². The average Bonchev–Trinajstić information content (AvgIpc) is 3.76. The van der Waals surface area contributed by atoms with Crippen molar-refractivity contribution in [1.82, 2.24) is 10.6 Å². The van der Waals surface area contributed by atoms with Gasteiger partial charge in [-0.2, -0.15) is 0 Å². The molecule has 4 heterocycles. The maximum absolute atomic E-state index is 13.4. The molecule has 0 spiro atoms. The third-order valence-electron chi connectivity index (χ3n) is 7.42. The molecule has 8 N–H and O–H groups in total. The van der Waals surface area contributed by atoms with E-state index >= 15 is 0 Å². The van der Waals surface area contributed by atoms with Crippen LogP contribution in [0.15, 0.2) is 114 Å². The van der Waals surface area contributed by atoms with E-state index < -0.39 is 21.9 Å². The number of carbonyl (C=O) groups excluding carboxylic acids is 2. The first-order valence-electron chi connectivity index (χ1n) is 14.4. The third-order valence-corrected chi connectivity index (χ3v) is 11.0. The summed E-state index contributed by atoms with van der Waals surface area (Å²) in [6, 6.07) is 18.3. The Bertz CT molecular complexity index is 1920. The molecule has 2 aliphatic heterocycles. The number of rotatable bonds is 8. The quantitative estimate of drug-likeness (QED) is 0.160. The van der Waals surface area contributed by atoms with Gasteiger partial charge in [-0.25, -0.2) is 18.4 Å². The van der Waals surface area contributed by atoms with Gasteiger partial charge in [0.15, 0.2) is 11.9 Å². The number of carbonyl (C=O) groups is 2. The lowest BCUT2D eigenvalue weighted by molar-refractivity contribution is -0.113. The van der Waals surface area contributed by atoms with Crippen molar-refractivity contribution in [1.29, 1.82) is 0 Å². The Kier molecular flexibility index (Phi) is 8.68. The number of aliphatic imine (C=N–C) groups is 2. The van der Waals surface area contributed by atoms with Crippen LogP contribution in [-0.2, 0) is 19.4 Å². The van der Waals surface area contributed by atoms with E-state index in [1.807, 2.05) is 35.0 Å². The predicted molar refractivity (Wildman–Crippen MR) is 187 cm³/mol. The Morgan fingerprint density at radius 3 is 1.40 bits per heavy atom. The van der Waals surface area contributed by atoms with Gasteiger partial charge in [0.2, 0.25) is 9.84 Å². The number of amides is 2. The SMILES string of the molecule is CC1N=C(N)NC(c2cccs2)=C1C(=O)Nc1ccc(S(=O)(=O)c2ccc(NC(=O)C3=C(c4cccs4)NC(N)=NC3C)cc2)cc1. The summed E-state index contributed by atoms with van der Waals surface area (Å²) in [5.74, 6) is -0.325. The van der Waals surface area contributed by atoms with E-state index in [-0.39, 0.29) is 33.5 Å². The molecule has 240 valence electrons. The van der Waals surface area contributed by atoms with Crippen molar-refractivity contribution >= 4 is 79.0 Å². The van der Waals surface area contributed by atoms with Gasteiger partial charge >= 0.3 is 0 Å². The summed E-state index contributed by atoms with van der Waals surface area (Å²) >= 11 is 2.92. The Morgan fingerprint density at radius 2 is 1.06 bits per heavy atom. The summed E-state index contributed by atoms with van der Waals surface area (Å²) in [5, 5.41) is 15.5. The molecule has 0 fully saturated rings. The molecule has 12 nitrogen and oxygen atoms in total. The molecule has 2 atom stereocenters. The first-order chi connectivity index (χ1) is 22.5. The Hall–Kier alpha value is -5.25. The highest BCUT2D eigenvalue weighted by Crippen LogP contribution is 2.30. The zero-order valence-electron chi connectivity index (χ0n) is 25.1. The molecule has 2 aliphatic rings. The van der Waals surface area contributed by atoms with Crippen LogP contribution in [0.4, 0.5) is 11.4 Å². The lowest BCUT2D eigenvalue weighted by Crippen LogP contribution is -2.39. The molecule has 0 bridgehead atoms. The fraction of sp³-hybridized carbons (Fsp3) is 0.125. The van der Waals surface area contributed by atoms with Crippen LogP contribution in [0.25, 0.3) is 11.4 Å². The topological polar surface area (TPSA) is 193 Å². The molecule has 4 aromatic rings. The fourth-order valence-electron chi connectivity index (χ4n) is 5.22. The van der Waals surface area contributed by atoms with Crippen LogP contribution in [0.3, 0.4) is 0 Å². The van der Waals surface area contributed by atoms with E-state index in [1.165, 1.54) is 71.2 Å². The van der Waals surface area contributed by atoms with Crippen molar-refractivity contribution in [3.05, 3.63) is 104 Å². The highest BCUT2D eigenvalue weighted by Gasteiger charge is 2.29. The van der Waals surface area contributed by atoms with Gasteiger partial charge in [0.25, 0.3) is 11.8 Å². The molecule has 0 radical (unpaired) electrons. The Morgan fingerprint density at radius 1 is 0.681 bits per heavy atom. The van der Waals surface area contributed by atoms with Crippen molar-refractivity contribution in [2.75, 3.05) is 10.6 Å². The second kappa shape index (κ2) is 12.9. The molecule has 15 heteroatoms. The Labute approximate surface area is 278 Å². The van der Waals surface area contributed by atoms with Gasteiger partial charge in [-0.15, -0.1) is 22.7 Å². The van der Waals surface area contributed by atoms with Crippen LogP contribution in [0.5, 0.6) is 0 Å². The number of hydrogen-bond donors (Lipinski definition) is 6. The molecule has 0 aliphatic carbocycles. The van der Waals surface area contributed by atoms with Crippen molar-refractivity contribution in [3.8, 4) is 0 Å². The summed E-state index contributed by atoms with van der Waals surface area (Å²) in [5.41, 5.74) is 14.7. The van der Waals surface area contributed by atoms with Crippen molar-refractivity contribution < 1.29 is 18.0 Å². The number of sulfone groups is 1. The van der Waals surface area contributed by atoms with Crippen LogP contribution in [-0.4, -0.2) is 44.2 Å². The summed E-state index contributed by atoms with van der Waals surface area (Å²) in [4.78, 5) is 37.0. The van der Waals surface area contributed by atoms with E-state index in [1.54, 1.807) is 13.8 Å². The highest BCUT2D eigenvalue weighted by molar-refractivity contribution is 7.91. The predicted octanol–water partition coefficient (Wildman–Crippen LogP) is 3.95. The smallest absolute Gasteiger partial charge is 0.255 e. The summed E-state index contributed by atoms with van der Waals surface area (Å²) < 4.78 is 26.9. The molecule has 0 saturated carbocycles. The molecule has 0 saturated heterocycles. The molecule has 2 amide bonds. The third kappa shape index (κ3) is 6.54. The second-order valence-corrected chi connectivity index (χ2v) is 14.5. The zero-order valence-corrected chi connectivity index (χ0v) is 27.6. The van der Waals surface area contributed by atoms with Gasteiger partial charge in [0.05, 0.1) is 54.2 Å². The Balaban J connectivity index is 1.16. The van der Waals surface area contributed by atoms with Crippen LogP contribution in [0.1, 0.15) is 23.6 Å². The van der Waals surface area contributed by atoms with Gasteiger partial charge < -0.3 is 32.7 Å².